The van der Waals surface area contributed by atoms with Crippen LogP contribution in [0.5, 0.6) is 0 Å². The van der Waals surface area contributed by atoms with Crippen molar-refractivity contribution < 1.29 is 9.59 Å². The second-order valence-electron chi connectivity index (χ2n) is 11.3. The number of amides is 2. The fourth-order valence-electron chi connectivity index (χ4n) is 5.88. The second-order valence-corrected chi connectivity index (χ2v) is 11.3. The molecule has 0 bridgehead atoms. The molecule has 43 heavy (non-hydrogen) atoms. The number of nitrogens with zero attached hydrogens (tertiary/aromatic N) is 6. The van der Waals surface area contributed by atoms with Gasteiger partial charge in [0.05, 0.1) is 29.2 Å². The van der Waals surface area contributed by atoms with Gasteiger partial charge in [-0.1, -0.05) is 0 Å². The van der Waals surface area contributed by atoms with Gasteiger partial charge in [0, 0.05) is 67.3 Å². The molecule has 4 N–H and O–H groups in total. The minimum absolute atomic E-state index is 0.108. The summed E-state index contributed by atoms with van der Waals surface area (Å²) in [6.07, 6.45) is 10.6. The van der Waals surface area contributed by atoms with Crippen molar-refractivity contribution in [1.82, 2.24) is 40.1 Å². The zero-order valence-electron chi connectivity index (χ0n) is 24.0. The molecule has 2 saturated heterocycles. The number of carbonyl (C=O) groups is 2. The van der Waals surface area contributed by atoms with E-state index in [2.05, 4.69) is 52.8 Å². The molecule has 0 radical (unpaired) electrons. The smallest absolute Gasteiger partial charge is 0.255 e. The molecule has 7 heterocycles. The van der Waals surface area contributed by atoms with Gasteiger partial charge in [0.1, 0.15) is 11.5 Å². The molecule has 0 saturated carbocycles. The highest BCUT2D eigenvalue weighted by molar-refractivity contribution is 6.06. The standard InChI is InChI=1S/C31H34N10O2/c1-39-9-4-22(5-10-39)37-31(43)26-19-36-41-11-3-20(14-27(26)41)25-18-35-29-24(25)16-23(17-34-29)38-30(42)21-2-6-33-28(15-21)40-12-7-32-8-13-40/h2-3,6,11,14-19,22,32H,4-5,7-10,12-13H2,1H3,(H,34,35)(H,37,43)(H,38,42). The van der Waals surface area contributed by atoms with Gasteiger partial charge < -0.3 is 30.7 Å². The van der Waals surface area contributed by atoms with E-state index in [0.29, 0.717) is 22.5 Å². The third kappa shape index (κ3) is 5.54. The van der Waals surface area contributed by atoms with Crippen molar-refractivity contribution in [3.8, 4) is 11.1 Å². The molecule has 5 aromatic rings. The van der Waals surface area contributed by atoms with Crippen molar-refractivity contribution in [2.75, 3.05) is 56.5 Å². The summed E-state index contributed by atoms with van der Waals surface area (Å²) in [7, 11) is 2.10. The van der Waals surface area contributed by atoms with Gasteiger partial charge in [-0.2, -0.15) is 5.10 Å². The van der Waals surface area contributed by atoms with Crippen LogP contribution in [0.15, 0.2) is 61.3 Å². The number of aromatic nitrogens is 5. The van der Waals surface area contributed by atoms with Crippen LogP contribution < -0.4 is 20.9 Å². The van der Waals surface area contributed by atoms with Crippen LogP contribution in [0, 0.1) is 0 Å². The van der Waals surface area contributed by atoms with E-state index < -0.39 is 0 Å². The summed E-state index contributed by atoms with van der Waals surface area (Å²) in [6, 6.07) is 9.56. The van der Waals surface area contributed by atoms with E-state index in [0.717, 1.165) is 80.0 Å². The number of carbonyl (C=O) groups excluding carboxylic acids is 2. The highest BCUT2D eigenvalue weighted by atomic mass is 16.2. The summed E-state index contributed by atoms with van der Waals surface area (Å²) in [5.74, 6) is 0.465. The zero-order valence-corrected chi connectivity index (χ0v) is 24.0. The molecule has 12 nitrogen and oxygen atoms in total. The normalized spacial score (nSPS) is 16.5. The highest BCUT2D eigenvalue weighted by Gasteiger charge is 2.22. The van der Waals surface area contributed by atoms with Gasteiger partial charge in [-0.3, -0.25) is 9.59 Å². The first-order valence-electron chi connectivity index (χ1n) is 14.7. The van der Waals surface area contributed by atoms with Crippen molar-refractivity contribution in [2.24, 2.45) is 0 Å². The van der Waals surface area contributed by atoms with E-state index in [-0.39, 0.29) is 17.9 Å². The number of likely N-dealkylation sites (tertiary alicyclic amines) is 1. The predicted octanol–water partition coefficient (Wildman–Crippen LogP) is 2.76. The first-order chi connectivity index (χ1) is 21.0. The highest BCUT2D eigenvalue weighted by Crippen LogP contribution is 2.31. The minimum atomic E-state index is -0.224. The number of hydrogen-bond donors (Lipinski definition) is 4. The number of anilines is 2. The Kier molecular flexibility index (Phi) is 7.21. The summed E-state index contributed by atoms with van der Waals surface area (Å²) in [5, 5.41) is 14.8. The lowest BCUT2D eigenvalue weighted by molar-refractivity contribution is 0.0918. The van der Waals surface area contributed by atoms with Crippen LogP contribution >= 0.6 is 0 Å². The van der Waals surface area contributed by atoms with E-state index >= 15 is 0 Å². The molecule has 0 spiro atoms. The summed E-state index contributed by atoms with van der Waals surface area (Å²) >= 11 is 0. The van der Waals surface area contributed by atoms with E-state index in [1.165, 1.54) is 0 Å². The topological polar surface area (TPSA) is 136 Å². The monoisotopic (exact) mass is 578 g/mol. The summed E-state index contributed by atoms with van der Waals surface area (Å²) < 4.78 is 1.72. The molecule has 2 fully saturated rings. The number of pyridine rings is 3. The minimum Gasteiger partial charge on any atom is -0.354 e. The van der Waals surface area contributed by atoms with E-state index in [1.807, 2.05) is 36.7 Å². The Labute approximate surface area is 248 Å². The number of H-pyrrole nitrogens is 1. The third-order valence-electron chi connectivity index (χ3n) is 8.37. The molecular weight excluding hydrogens is 544 g/mol. The van der Waals surface area contributed by atoms with Crippen molar-refractivity contribution in [3.05, 3.63) is 72.4 Å². The van der Waals surface area contributed by atoms with Crippen LogP contribution in [-0.2, 0) is 0 Å². The first-order valence-corrected chi connectivity index (χ1v) is 14.7. The van der Waals surface area contributed by atoms with Gasteiger partial charge in [0.2, 0.25) is 0 Å². The summed E-state index contributed by atoms with van der Waals surface area (Å²) in [5.41, 5.74) is 4.92. The van der Waals surface area contributed by atoms with Gasteiger partial charge in [0.25, 0.3) is 11.8 Å². The first kappa shape index (κ1) is 27.0. The van der Waals surface area contributed by atoms with Crippen LogP contribution in [0.25, 0.3) is 27.7 Å². The fourth-order valence-corrected chi connectivity index (χ4v) is 5.88. The average Bonchev–Trinajstić information content (AvgIpc) is 3.66. The van der Waals surface area contributed by atoms with E-state index in [1.54, 1.807) is 29.2 Å². The Morgan fingerprint density at radius 1 is 0.977 bits per heavy atom. The van der Waals surface area contributed by atoms with Crippen LogP contribution in [0.4, 0.5) is 11.5 Å². The molecular formula is C31H34N10O2. The molecule has 0 aromatic carbocycles. The molecule has 7 rings (SSSR count). The number of aromatic amines is 1. The molecule has 12 heteroatoms. The molecule has 0 unspecified atom stereocenters. The van der Waals surface area contributed by atoms with Crippen molar-refractivity contribution >= 4 is 39.9 Å². The molecule has 5 aromatic heterocycles. The average molecular weight is 579 g/mol. The lowest BCUT2D eigenvalue weighted by atomic mass is 10.0. The molecule has 2 aliphatic heterocycles. The van der Waals surface area contributed by atoms with Crippen LogP contribution in [0.3, 0.4) is 0 Å². The van der Waals surface area contributed by atoms with Gasteiger partial charge >= 0.3 is 0 Å². The van der Waals surface area contributed by atoms with Crippen molar-refractivity contribution in [3.63, 3.8) is 0 Å². The van der Waals surface area contributed by atoms with Gasteiger partial charge in [-0.05, 0) is 68.9 Å². The number of piperazine rings is 1. The van der Waals surface area contributed by atoms with Crippen molar-refractivity contribution in [2.45, 2.75) is 18.9 Å². The van der Waals surface area contributed by atoms with Crippen LogP contribution in [-0.4, -0.2) is 93.6 Å². The Hall–Kier alpha value is -4.81. The lowest BCUT2D eigenvalue weighted by Crippen LogP contribution is -2.43. The molecule has 220 valence electrons. The number of fused-ring (bicyclic) bond motifs is 2. The number of rotatable bonds is 6. The molecule has 0 atom stereocenters. The molecule has 2 amide bonds. The number of hydrogen-bond acceptors (Lipinski definition) is 8. The maximum absolute atomic E-state index is 13.2. The Bertz CT molecular complexity index is 1800. The third-order valence-corrected chi connectivity index (χ3v) is 8.37. The SMILES string of the molecule is CN1CCC(NC(=O)c2cnn3ccc(-c4c[nH]c5ncc(NC(=O)c6ccnc(N7CCNCC7)c6)cc45)cc23)CC1. The predicted molar refractivity (Wildman–Crippen MR) is 166 cm³/mol. The summed E-state index contributed by atoms with van der Waals surface area (Å²) in [6.45, 7) is 5.44. The maximum atomic E-state index is 13.2. The quantitative estimate of drug-likeness (QED) is 0.242. The van der Waals surface area contributed by atoms with Gasteiger partial charge in [-0.25, -0.2) is 14.5 Å². The Morgan fingerprint density at radius 3 is 2.65 bits per heavy atom. The molecule has 0 aliphatic carbocycles. The largest absolute Gasteiger partial charge is 0.354 e. The maximum Gasteiger partial charge on any atom is 0.255 e. The van der Waals surface area contributed by atoms with E-state index in [4.69, 9.17) is 0 Å². The van der Waals surface area contributed by atoms with Crippen LogP contribution in [0.1, 0.15) is 33.6 Å². The van der Waals surface area contributed by atoms with Gasteiger partial charge in [-0.15, -0.1) is 0 Å². The molecule has 2 aliphatic rings. The van der Waals surface area contributed by atoms with Crippen molar-refractivity contribution in [1.29, 1.82) is 0 Å². The lowest BCUT2D eigenvalue weighted by Gasteiger charge is -2.29. The van der Waals surface area contributed by atoms with E-state index in [9.17, 15) is 9.59 Å². The summed E-state index contributed by atoms with van der Waals surface area (Å²) in [4.78, 5) is 43.1. The number of piperidine rings is 1. The Morgan fingerprint density at radius 2 is 1.81 bits per heavy atom. The Balaban J connectivity index is 1.12. The van der Waals surface area contributed by atoms with Gasteiger partial charge in [0.15, 0.2) is 0 Å². The number of nitrogens with one attached hydrogen (secondary N) is 4. The second kappa shape index (κ2) is 11.5. The van der Waals surface area contributed by atoms with Crippen LogP contribution in [0.2, 0.25) is 0 Å². The zero-order chi connectivity index (χ0) is 29.3. The fraction of sp³-hybridized carbons (Fsp3) is 0.323.